The van der Waals surface area contributed by atoms with Crippen molar-refractivity contribution < 1.29 is 14.6 Å². The standard InChI is InChI=1S/C14H30O3/c1-8-16-10-12(9-15)17-14(6,7)13(4,5)11(2)3/h11-12,15H,8-10H2,1-7H3. The van der Waals surface area contributed by atoms with Crippen LogP contribution in [0.4, 0.5) is 0 Å². The first-order valence-electron chi connectivity index (χ1n) is 6.55. The molecule has 0 aromatic rings. The first-order valence-corrected chi connectivity index (χ1v) is 6.55. The summed E-state index contributed by atoms with van der Waals surface area (Å²) in [7, 11) is 0. The summed E-state index contributed by atoms with van der Waals surface area (Å²) in [4.78, 5) is 0. The van der Waals surface area contributed by atoms with Crippen LogP contribution in [0, 0.1) is 11.3 Å². The number of aliphatic hydroxyl groups excluding tert-OH is 1. The van der Waals surface area contributed by atoms with E-state index in [1.165, 1.54) is 0 Å². The van der Waals surface area contributed by atoms with Gasteiger partial charge in [0.05, 0.1) is 18.8 Å². The molecule has 0 aromatic heterocycles. The van der Waals surface area contributed by atoms with E-state index in [1.807, 2.05) is 6.92 Å². The predicted molar refractivity (Wildman–Crippen MR) is 71.1 cm³/mol. The van der Waals surface area contributed by atoms with Crippen LogP contribution in [-0.4, -0.2) is 36.6 Å². The Balaban J connectivity index is 4.59. The van der Waals surface area contributed by atoms with Gasteiger partial charge in [0.1, 0.15) is 6.10 Å². The van der Waals surface area contributed by atoms with Crippen molar-refractivity contribution in [3.05, 3.63) is 0 Å². The average Bonchev–Trinajstić information content (AvgIpc) is 2.23. The molecule has 3 heteroatoms. The minimum absolute atomic E-state index is 0.00238. The summed E-state index contributed by atoms with van der Waals surface area (Å²) in [6.07, 6.45) is -0.247. The molecule has 0 saturated carbocycles. The molecule has 0 saturated heterocycles. The molecule has 104 valence electrons. The topological polar surface area (TPSA) is 38.7 Å². The van der Waals surface area contributed by atoms with Gasteiger partial charge in [-0.2, -0.15) is 0 Å². The van der Waals surface area contributed by atoms with Gasteiger partial charge in [-0.25, -0.2) is 0 Å². The van der Waals surface area contributed by atoms with Crippen molar-refractivity contribution in [2.45, 2.75) is 60.2 Å². The van der Waals surface area contributed by atoms with Crippen molar-refractivity contribution in [2.24, 2.45) is 11.3 Å². The molecule has 0 aliphatic heterocycles. The third-order valence-electron chi connectivity index (χ3n) is 4.17. The van der Waals surface area contributed by atoms with E-state index in [0.717, 1.165) is 0 Å². The smallest absolute Gasteiger partial charge is 0.105 e. The molecule has 1 N–H and O–H groups in total. The van der Waals surface area contributed by atoms with Crippen molar-refractivity contribution in [1.82, 2.24) is 0 Å². The van der Waals surface area contributed by atoms with Crippen LogP contribution >= 0.6 is 0 Å². The SMILES string of the molecule is CCOCC(CO)OC(C)(C)C(C)(C)C(C)C. The van der Waals surface area contributed by atoms with Crippen molar-refractivity contribution >= 4 is 0 Å². The molecule has 0 bridgehead atoms. The Kier molecular flexibility index (Phi) is 6.67. The Morgan fingerprint density at radius 3 is 2.00 bits per heavy atom. The molecular weight excluding hydrogens is 216 g/mol. The summed E-state index contributed by atoms with van der Waals surface area (Å²) in [5.41, 5.74) is -0.266. The summed E-state index contributed by atoms with van der Waals surface area (Å²) >= 11 is 0. The molecule has 0 aliphatic carbocycles. The molecule has 0 radical (unpaired) electrons. The highest BCUT2D eigenvalue weighted by atomic mass is 16.6. The second-order valence-corrected chi connectivity index (χ2v) is 5.97. The van der Waals surface area contributed by atoms with Gasteiger partial charge in [0.25, 0.3) is 0 Å². The molecule has 0 fully saturated rings. The Labute approximate surface area is 107 Å². The zero-order chi connectivity index (χ0) is 13.7. The molecule has 1 atom stereocenters. The van der Waals surface area contributed by atoms with Gasteiger partial charge >= 0.3 is 0 Å². The number of hydrogen-bond acceptors (Lipinski definition) is 3. The maximum absolute atomic E-state index is 9.32. The van der Waals surface area contributed by atoms with Crippen molar-refractivity contribution in [3.8, 4) is 0 Å². The zero-order valence-electron chi connectivity index (χ0n) is 12.5. The molecule has 0 amide bonds. The summed E-state index contributed by atoms with van der Waals surface area (Å²) < 4.78 is 11.4. The molecule has 0 heterocycles. The lowest BCUT2D eigenvalue weighted by atomic mass is 9.69. The van der Waals surface area contributed by atoms with Gasteiger partial charge in [-0.15, -0.1) is 0 Å². The van der Waals surface area contributed by atoms with Gasteiger partial charge in [0.2, 0.25) is 0 Å². The summed E-state index contributed by atoms with van der Waals surface area (Å²) in [6, 6.07) is 0. The van der Waals surface area contributed by atoms with Gasteiger partial charge in [-0.05, 0) is 32.1 Å². The van der Waals surface area contributed by atoms with Crippen LogP contribution < -0.4 is 0 Å². The Bertz CT molecular complexity index is 210. The van der Waals surface area contributed by atoms with E-state index >= 15 is 0 Å². The monoisotopic (exact) mass is 246 g/mol. The first-order chi connectivity index (χ1) is 7.69. The maximum atomic E-state index is 9.32. The van der Waals surface area contributed by atoms with Crippen LogP contribution in [0.2, 0.25) is 0 Å². The zero-order valence-corrected chi connectivity index (χ0v) is 12.5. The second kappa shape index (κ2) is 6.72. The summed E-state index contributed by atoms with van der Waals surface area (Å²) in [6.45, 7) is 16.0. The van der Waals surface area contributed by atoms with E-state index < -0.39 is 0 Å². The Hall–Kier alpha value is -0.120. The fraction of sp³-hybridized carbons (Fsp3) is 1.00. The van der Waals surface area contributed by atoms with E-state index in [0.29, 0.717) is 19.1 Å². The normalized spacial score (nSPS) is 15.4. The molecular formula is C14H30O3. The average molecular weight is 246 g/mol. The van der Waals surface area contributed by atoms with Gasteiger partial charge < -0.3 is 14.6 Å². The highest BCUT2D eigenvalue weighted by Gasteiger charge is 2.41. The van der Waals surface area contributed by atoms with E-state index in [9.17, 15) is 5.11 Å². The third-order valence-corrected chi connectivity index (χ3v) is 4.17. The number of aliphatic hydroxyl groups is 1. The lowest BCUT2D eigenvalue weighted by Gasteiger charge is -2.46. The molecule has 0 aromatic carbocycles. The largest absolute Gasteiger partial charge is 0.394 e. The Morgan fingerprint density at radius 2 is 1.65 bits per heavy atom. The van der Waals surface area contributed by atoms with Gasteiger partial charge in [-0.1, -0.05) is 27.7 Å². The highest BCUT2D eigenvalue weighted by molar-refractivity contribution is 4.90. The van der Waals surface area contributed by atoms with Crippen LogP contribution in [0.25, 0.3) is 0 Å². The van der Waals surface area contributed by atoms with E-state index in [2.05, 4.69) is 41.5 Å². The molecule has 0 aliphatic rings. The minimum atomic E-state index is -0.300. The van der Waals surface area contributed by atoms with Crippen LogP contribution in [-0.2, 0) is 9.47 Å². The van der Waals surface area contributed by atoms with Crippen LogP contribution in [0.3, 0.4) is 0 Å². The maximum Gasteiger partial charge on any atom is 0.105 e. The summed E-state index contributed by atoms with van der Waals surface area (Å²) in [5.74, 6) is 0.504. The van der Waals surface area contributed by atoms with Crippen molar-refractivity contribution in [3.63, 3.8) is 0 Å². The lowest BCUT2D eigenvalue weighted by Crippen LogP contribution is -2.48. The van der Waals surface area contributed by atoms with E-state index in [4.69, 9.17) is 9.47 Å². The number of rotatable bonds is 8. The molecule has 1 unspecified atom stereocenters. The van der Waals surface area contributed by atoms with Crippen LogP contribution in [0.5, 0.6) is 0 Å². The van der Waals surface area contributed by atoms with Crippen LogP contribution in [0.15, 0.2) is 0 Å². The van der Waals surface area contributed by atoms with Gasteiger partial charge in [0, 0.05) is 6.61 Å². The molecule has 17 heavy (non-hydrogen) atoms. The fourth-order valence-electron chi connectivity index (χ4n) is 1.64. The van der Waals surface area contributed by atoms with Gasteiger partial charge in [-0.3, -0.25) is 0 Å². The van der Waals surface area contributed by atoms with Crippen LogP contribution in [0.1, 0.15) is 48.5 Å². The highest BCUT2D eigenvalue weighted by Crippen LogP contribution is 2.40. The molecule has 3 nitrogen and oxygen atoms in total. The third kappa shape index (κ3) is 4.57. The number of hydrogen-bond donors (Lipinski definition) is 1. The van der Waals surface area contributed by atoms with E-state index in [-0.39, 0.29) is 23.7 Å². The van der Waals surface area contributed by atoms with E-state index in [1.54, 1.807) is 0 Å². The van der Waals surface area contributed by atoms with Crippen molar-refractivity contribution in [2.75, 3.05) is 19.8 Å². The van der Waals surface area contributed by atoms with Crippen molar-refractivity contribution in [1.29, 1.82) is 0 Å². The predicted octanol–water partition coefficient (Wildman–Crippen LogP) is 2.86. The molecule has 0 spiro atoms. The fourth-order valence-corrected chi connectivity index (χ4v) is 1.64. The summed E-state index contributed by atoms with van der Waals surface area (Å²) in [5, 5.41) is 9.32. The Morgan fingerprint density at radius 1 is 1.12 bits per heavy atom. The second-order valence-electron chi connectivity index (χ2n) is 5.97. The quantitative estimate of drug-likeness (QED) is 0.715. The molecule has 0 rings (SSSR count). The number of ether oxygens (including phenoxy) is 2. The first kappa shape index (κ1) is 16.9. The van der Waals surface area contributed by atoms with Gasteiger partial charge in [0.15, 0.2) is 0 Å². The minimum Gasteiger partial charge on any atom is -0.394 e. The lowest BCUT2D eigenvalue weighted by molar-refractivity contribution is -0.174.